The van der Waals surface area contributed by atoms with E-state index in [1.54, 1.807) is 0 Å². The molecule has 0 saturated heterocycles. The third-order valence-electron chi connectivity index (χ3n) is 4.61. The Balaban J connectivity index is 1.48. The lowest BCUT2D eigenvalue weighted by atomic mass is 10.1. The van der Waals surface area contributed by atoms with Crippen LogP contribution < -0.4 is 15.8 Å². The SMILES string of the molecule is Cc1ccc(COc2ccc(CC(C)NC(=O)C3(N)CC3)cc2)cc1. The largest absolute Gasteiger partial charge is 0.489 e. The van der Waals surface area contributed by atoms with Crippen molar-refractivity contribution in [2.75, 3.05) is 0 Å². The van der Waals surface area contributed by atoms with Crippen LogP contribution in [0.1, 0.15) is 36.5 Å². The van der Waals surface area contributed by atoms with E-state index in [4.69, 9.17) is 10.5 Å². The normalized spacial score (nSPS) is 16.1. The Labute approximate surface area is 149 Å². The molecular formula is C21H26N2O2. The molecule has 1 atom stereocenters. The molecule has 25 heavy (non-hydrogen) atoms. The van der Waals surface area contributed by atoms with Crippen LogP contribution in [0.15, 0.2) is 48.5 Å². The number of nitrogens with two attached hydrogens (primary N) is 1. The van der Waals surface area contributed by atoms with Crippen molar-refractivity contribution in [3.8, 4) is 5.75 Å². The van der Waals surface area contributed by atoms with E-state index in [0.29, 0.717) is 6.61 Å². The Morgan fingerprint density at radius 1 is 1.12 bits per heavy atom. The zero-order valence-corrected chi connectivity index (χ0v) is 14.9. The fourth-order valence-corrected chi connectivity index (χ4v) is 2.71. The summed E-state index contributed by atoms with van der Waals surface area (Å²) in [6, 6.07) is 16.4. The van der Waals surface area contributed by atoms with Gasteiger partial charge in [0.1, 0.15) is 12.4 Å². The van der Waals surface area contributed by atoms with Crippen molar-refractivity contribution >= 4 is 5.91 Å². The molecule has 1 aliphatic carbocycles. The van der Waals surface area contributed by atoms with Crippen molar-refractivity contribution in [1.29, 1.82) is 0 Å². The first-order valence-electron chi connectivity index (χ1n) is 8.82. The maximum atomic E-state index is 12.0. The molecule has 2 aromatic carbocycles. The molecule has 132 valence electrons. The van der Waals surface area contributed by atoms with Crippen molar-refractivity contribution < 1.29 is 9.53 Å². The van der Waals surface area contributed by atoms with Crippen molar-refractivity contribution in [1.82, 2.24) is 5.32 Å². The fourth-order valence-electron chi connectivity index (χ4n) is 2.71. The molecular weight excluding hydrogens is 312 g/mol. The van der Waals surface area contributed by atoms with Crippen LogP contribution in [0, 0.1) is 6.92 Å². The molecule has 3 rings (SSSR count). The summed E-state index contributed by atoms with van der Waals surface area (Å²) in [4.78, 5) is 12.0. The molecule has 1 fully saturated rings. The molecule has 1 aliphatic rings. The molecule has 0 radical (unpaired) electrons. The molecule has 0 aromatic heterocycles. The summed E-state index contributed by atoms with van der Waals surface area (Å²) in [5.74, 6) is 0.818. The van der Waals surface area contributed by atoms with Gasteiger partial charge in [-0.2, -0.15) is 0 Å². The van der Waals surface area contributed by atoms with Gasteiger partial charge in [0.15, 0.2) is 0 Å². The number of aryl methyl sites for hydroxylation is 1. The number of hydrogen-bond acceptors (Lipinski definition) is 3. The third kappa shape index (κ3) is 4.83. The summed E-state index contributed by atoms with van der Waals surface area (Å²) < 4.78 is 5.82. The highest BCUT2D eigenvalue weighted by Gasteiger charge is 2.46. The van der Waals surface area contributed by atoms with E-state index in [9.17, 15) is 4.79 Å². The smallest absolute Gasteiger partial charge is 0.240 e. The van der Waals surface area contributed by atoms with Crippen LogP contribution in [-0.2, 0) is 17.8 Å². The second-order valence-electron chi connectivity index (χ2n) is 7.15. The van der Waals surface area contributed by atoms with E-state index >= 15 is 0 Å². The minimum atomic E-state index is -0.609. The maximum absolute atomic E-state index is 12.0. The van der Waals surface area contributed by atoms with Gasteiger partial charge >= 0.3 is 0 Å². The van der Waals surface area contributed by atoms with E-state index in [0.717, 1.165) is 36.1 Å². The summed E-state index contributed by atoms with van der Waals surface area (Å²) in [7, 11) is 0. The topological polar surface area (TPSA) is 64.3 Å². The van der Waals surface area contributed by atoms with Crippen molar-refractivity contribution in [3.63, 3.8) is 0 Å². The predicted molar refractivity (Wildman–Crippen MR) is 99.4 cm³/mol. The summed E-state index contributed by atoms with van der Waals surface area (Å²) in [5.41, 5.74) is 8.87. The molecule has 4 heteroatoms. The Hall–Kier alpha value is -2.33. The first-order chi connectivity index (χ1) is 11.9. The highest BCUT2D eigenvalue weighted by molar-refractivity contribution is 5.89. The second-order valence-corrected chi connectivity index (χ2v) is 7.15. The van der Waals surface area contributed by atoms with Gasteiger partial charge < -0.3 is 15.8 Å². The number of amides is 1. The summed E-state index contributed by atoms with van der Waals surface area (Å²) in [5, 5.41) is 3.00. The molecule has 4 nitrogen and oxygen atoms in total. The van der Waals surface area contributed by atoms with Gasteiger partial charge in [-0.05, 0) is 56.4 Å². The number of carbonyl (C=O) groups is 1. The highest BCUT2D eigenvalue weighted by Crippen LogP contribution is 2.32. The van der Waals surface area contributed by atoms with Crippen LogP contribution in [0.5, 0.6) is 5.75 Å². The van der Waals surface area contributed by atoms with Gasteiger partial charge in [-0.15, -0.1) is 0 Å². The lowest BCUT2D eigenvalue weighted by molar-refractivity contribution is -0.123. The Morgan fingerprint density at radius 2 is 1.72 bits per heavy atom. The standard InChI is InChI=1S/C21H26N2O2/c1-15-3-5-18(6-4-15)14-25-19-9-7-17(8-10-19)13-16(2)23-20(24)21(22)11-12-21/h3-10,16H,11-14,22H2,1-2H3,(H,23,24). The molecule has 1 unspecified atom stereocenters. The average Bonchev–Trinajstić information content (AvgIpc) is 3.35. The minimum absolute atomic E-state index is 0.0296. The van der Waals surface area contributed by atoms with Crippen LogP contribution in [0.3, 0.4) is 0 Å². The third-order valence-corrected chi connectivity index (χ3v) is 4.61. The van der Waals surface area contributed by atoms with E-state index in [1.807, 2.05) is 31.2 Å². The van der Waals surface area contributed by atoms with Crippen LogP contribution >= 0.6 is 0 Å². The van der Waals surface area contributed by atoms with E-state index in [1.165, 1.54) is 5.56 Å². The number of carbonyl (C=O) groups excluding carboxylic acids is 1. The fraction of sp³-hybridized carbons (Fsp3) is 0.381. The molecule has 1 amide bonds. The van der Waals surface area contributed by atoms with E-state index in [-0.39, 0.29) is 11.9 Å². The minimum Gasteiger partial charge on any atom is -0.489 e. The Bertz CT molecular complexity index is 719. The number of nitrogens with one attached hydrogen (secondary N) is 1. The van der Waals surface area contributed by atoms with Crippen LogP contribution in [0.4, 0.5) is 0 Å². The van der Waals surface area contributed by atoms with Crippen molar-refractivity contribution in [2.45, 2.75) is 51.3 Å². The monoisotopic (exact) mass is 338 g/mol. The van der Waals surface area contributed by atoms with Gasteiger partial charge in [-0.3, -0.25) is 4.79 Å². The zero-order valence-electron chi connectivity index (χ0n) is 14.9. The molecule has 0 heterocycles. The first kappa shape index (κ1) is 17.5. The van der Waals surface area contributed by atoms with Gasteiger partial charge in [0, 0.05) is 6.04 Å². The lowest BCUT2D eigenvalue weighted by Crippen LogP contribution is -2.46. The molecule has 0 bridgehead atoms. The quantitative estimate of drug-likeness (QED) is 0.815. The maximum Gasteiger partial charge on any atom is 0.240 e. The highest BCUT2D eigenvalue weighted by atomic mass is 16.5. The van der Waals surface area contributed by atoms with Crippen molar-refractivity contribution in [3.05, 3.63) is 65.2 Å². The Morgan fingerprint density at radius 3 is 2.32 bits per heavy atom. The second kappa shape index (κ2) is 7.28. The van der Waals surface area contributed by atoms with Crippen LogP contribution in [-0.4, -0.2) is 17.5 Å². The van der Waals surface area contributed by atoms with Gasteiger partial charge in [0.2, 0.25) is 5.91 Å². The summed E-state index contributed by atoms with van der Waals surface area (Å²) in [6.45, 7) is 4.64. The van der Waals surface area contributed by atoms with E-state index in [2.05, 4.69) is 36.5 Å². The van der Waals surface area contributed by atoms with Crippen LogP contribution in [0.25, 0.3) is 0 Å². The predicted octanol–water partition coefficient (Wildman–Crippen LogP) is 3.11. The Kier molecular flexibility index (Phi) is 5.09. The van der Waals surface area contributed by atoms with E-state index < -0.39 is 5.54 Å². The molecule has 1 saturated carbocycles. The number of ether oxygens (including phenoxy) is 1. The van der Waals surface area contributed by atoms with Crippen molar-refractivity contribution in [2.24, 2.45) is 5.73 Å². The number of hydrogen-bond donors (Lipinski definition) is 2. The van der Waals surface area contributed by atoms with Gasteiger partial charge in [0.05, 0.1) is 5.54 Å². The molecule has 0 spiro atoms. The molecule has 3 N–H and O–H groups in total. The average molecular weight is 338 g/mol. The number of rotatable bonds is 7. The number of benzene rings is 2. The summed E-state index contributed by atoms with van der Waals surface area (Å²) >= 11 is 0. The van der Waals surface area contributed by atoms with Gasteiger partial charge in [-0.25, -0.2) is 0 Å². The summed E-state index contributed by atoms with van der Waals surface area (Å²) in [6.07, 6.45) is 2.36. The van der Waals surface area contributed by atoms with Gasteiger partial charge in [0.25, 0.3) is 0 Å². The first-order valence-corrected chi connectivity index (χ1v) is 8.82. The van der Waals surface area contributed by atoms with Crippen LogP contribution in [0.2, 0.25) is 0 Å². The van der Waals surface area contributed by atoms with Gasteiger partial charge in [-0.1, -0.05) is 42.0 Å². The lowest BCUT2D eigenvalue weighted by Gasteiger charge is -2.17. The molecule has 0 aliphatic heterocycles. The molecule has 2 aromatic rings. The zero-order chi connectivity index (χ0) is 17.9.